The molecule has 3 heterocycles. The maximum Gasteiger partial charge on any atom is 0.343 e. The summed E-state index contributed by atoms with van der Waals surface area (Å²) in [6.45, 7) is 5.76. The average molecular weight is 714 g/mol. The fourth-order valence-corrected chi connectivity index (χ4v) is 9.01. The summed E-state index contributed by atoms with van der Waals surface area (Å²) in [5, 5.41) is 51.9. The lowest BCUT2D eigenvalue weighted by Crippen LogP contribution is -2.64. The molecule has 1 aromatic rings. The molecule has 11 atom stereocenters. The van der Waals surface area contributed by atoms with E-state index in [0.717, 1.165) is 18.5 Å². The van der Waals surface area contributed by atoms with Gasteiger partial charge in [-0.3, -0.25) is 0 Å². The van der Waals surface area contributed by atoms with Crippen molar-refractivity contribution >= 4 is 23.2 Å². The molecule has 0 radical (unpaired) electrons. The molecule has 2 aliphatic carbocycles. The zero-order chi connectivity index (χ0) is 36.9. The van der Waals surface area contributed by atoms with Crippen LogP contribution in [0.25, 0.3) is 5.57 Å². The summed E-state index contributed by atoms with van der Waals surface area (Å²) in [5.41, 5.74) is 0.315. The number of fused-ring (bicyclic) bond motifs is 1. The number of aliphatic hydroxyl groups is 5. The predicted molar refractivity (Wildman–Crippen MR) is 184 cm³/mol. The molecule has 51 heavy (non-hydrogen) atoms. The number of benzene rings is 1. The van der Waals surface area contributed by atoms with Crippen molar-refractivity contribution in [3.05, 3.63) is 59.4 Å². The lowest BCUT2D eigenvalue weighted by Gasteiger charge is -2.61. The molecule has 1 aromatic carbocycles. The van der Waals surface area contributed by atoms with Gasteiger partial charge in [-0.15, -0.1) is 0 Å². The normalized spacial score (nSPS) is 40.1. The molecule has 0 aromatic heterocycles. The number of allylic oxidation sites excluding steroid dienone is 1. The van der Waals surface area contributed by atoms with E-state index < -0.39 is 71.8 Å². The number of epoxide rings is 1. The Labute approximate surface area is 298 Å². The van der Waals surface area contributed by atoms with Crippen LogP contribution in [0.2, 0.25) is 0 Å². The molecular weight excluding hydrogens is 662 g/mol. The highest BCUT2D eigenvalue weighted by molar-refractivity contribution is 6.19. The van der Waals surface area contributed by atoms with E-state index in [4.69, 9.17) is 23.7 Å². The molecule has 13 heteroatoms. The van der Waals surface area contributed by atoms with E-state index in [1.807, 2.05) is 44.1 Å². The van der Waals surface area contributed by atoms with Gasteiger partial charge in [-0.2, -0.15) is 0 Å². The van der Waals surface area contributed by atoms with Crippen molar-refractivity contribution in [3.63, 3.8) is 0 Å². The molecule has 5 N–H and O–H groups in total. The number of ether oxygens (including phenoxy) is 5. The molecule has 2 saturated carbocycles. The number of rotatable bonds is 10. The SMILES string of the molecule is CCOC(=O)/C(=C1C=C(/C=C/C2C3(CCC4[C@]2(C)CC[C@@H](OC2OC(CO)C(O)C(O)C2O)[C@@]4(C)CO)CO3)C(=O)O/1)c1ccc(N(C)C)cc1. The Kier molecular flexibility index (Phi) is 10.6. The Hall–Kier alpha value is -3.14. The second-order valence-electron chi connectivity index (χ2n) is 15.2. The van der Waals surface area contributed by atoms with Gasteiger partial charge in [0.1, 0.15) is 35.7 Å². The molecule has 280 valence electrons. The number of hydrogen-bond acceptors (Lipinski definition) is 13. The first-order chi connectivity index (χ1) is 24.2. The smallest absolute Gasteiger partial charge is 0.343 e. The summed E-state index contributed by atoms with van der Waals surface area (Å²) in [6, 6.07) is 7.32. The Morgan fingerprint density at radius 3 is 2.35 bits per heavy atom. The van der Waals surface area contributed by atoms with Crippen LogP contribution in [-0.4, -0.2) is 120 Å². The number of anilines is 1. The first-order valence-corrected chi connectivity index (χ1v) is 17.7. The highest BCUT2D eigenvalue weighted by Gasteiger charge is 2.67. The highest BCUT2D eigenvalue weighted by atomic mass is 16.7. The van der Waals surface area contributed by atoms with Crippen molar-refractivity contribution in [2.24, 2.45) is 22.7 Å². The van der Waals surface area contributed by atoms with Gasteiger partial charge >= 0.3 is 11.9 Å². The number of hydrogen-bond donors (Lipinski definition) is 5. The molecular formula is C38H51NO12. The van der Waals surface area contributed by atoms with Gasteiger partial charge in [0.2, 0.25) is 0 Å². The molecule has 8 unspecified atom stereocenters. The van der Waals surface area contributed by atoms with Crippen LogP contribution in [0.3, 0.4) is 0 Å². The summed E-state index contributed by atoms with van der Waals surface area (Å²) in [5.74, 6) is -1.30. The van der Waals surface area contributed by atoms with Crippen molar-refractivity contribution in [2.45, 2.75) is 88.9 Å². The fraction of sp³-hybridized carbons (Fsp3) is 0.632. The van der Waals surface area contributed by atoms with Crippen molar-refractivity contribution in [1.82, 2.24) is 0 Å². The Morgan fingerprint density at radius 2 is 1.75 bits per heavy atom. The third-order valence-electron chi connectivity index (χ3n) is 12.0. The number of aliphatic hydroxyl groups excluding tert-OH is 5. The van der Waals surface area contributed by atoms with Crippen LogP contribution in [0.4, 0.5) is 5.69 Å². The van der Waals surface area contributed by atoms with Gasteiger partial charge in [-0.1, -0.05) is 38.1 Å². The Morgan fingerprint density at radius 1 is 1.04 bits per heavy atom. The third-order valence-corrected chi connectivity index (χ3v) is 12.0. The van der Waals surface area contributed by atoms with E-state index in [2.05, 4.69) is 6.92 Å². The van der Waals surface area contributed by atoms with Gasteiger partial charge in [-0.05, 0) is 67.7 Å². The molecule has 3 aliphatic heterocycles. The third kappa shape index (κ3) is 6.67. The minimum atomic E-state index is -1.57. The maximum absolute atomic E-state index is 13.3. The maximum atomic E-state index is 13.3. The van der Waals surface area contributed by atoms with E-state index in [-0.39, 0.29) is 42.0 Å². The summed E-state index contributed by atoms with van der Waals surface area (Å²) in [7, 11) is 3.83. The van der Waals surface area contributed by atoms with Crippen molar-refractivity contribution in [2.75, 3.05) is 45.4 Å². The minimum Gasteiger partial charge on any atom is -0.462 e. The van der Waals surface area contributed by atoms with Crippen LogP contribution < -0.4 is 4.90 Å². The number of esters is 2. The number of nitrogens with zero attached hydrogens (tertiary/aromatic N) is 1. The first-order valence-electron chi connectivity index (χ1n) is 17.7. The van der Waals surface area contributed by atoms with E-state index in [9.17, 15) is 35.1 Å². The van der Waals surface area contributed by atoms with Crippen LogP contribution >= 0.6 is 0 Å². The summed E-state index contributed by atoms with van der Waals surface area (Å²) < 4.78 is 29.1. The lowest BCUT2D eigenvalue weighted by atomic mass is 9.45. The van der Waals surface area contributed by atoms with Crippen LogP contribution in [-0.2, 0) is 33.3 Å². The second kappa shape index (κ2) is 14.4. The summed E-state index contributed by atoms with van der Waals surface area (Å²) in [6.07, 6.45) is 0.263. The van der Waals surface area contributed by atoms with Gasteiger partial charge < -0.3 is 54.1 Å². The van der Waals surface area contributed by atoms with Gasteiger partial charge in [0.05, 0.1) is 43.7 Å². The van der Waals surface area contributed by atoms with Gasteiger partial charge in [0.15, 0.2) is 6.29 Å². The highest BCUT2D eigenvalue weighted by Crippen LogP contribution is 2.66. The number of cyclic esters (lactones) is 1. The van der Waals surface area contributed by atoms with Crippen molar-refractivity contribution in [3.8, 4) is 0 Å². The second-order valence-corrected chi connectivity index (χ2v) is 15.2. The minimum absolute atomic E-state index is 0.0800. The van der Waals surface area contributed by atoms with Crippen LogP contribution in [0.15, 0.2) is 53.8 Å². The molecule has 13 nitrogen and oxygen atoms in total. The fourth-order valence-electron chi connectivity index (χ4n) is 9.01. The zero-order valence-electron chi connectivity index (χ0n) is 29.9. The molecule has 2 saturated heterocycles. The van der Waals surface area contributed by atoms with Crippen molar-refractivity contribution in [1.29, 1.82) is 0 Å². The number of carbonyl (C=O) groups excluding carboxylic acids is 2. The van der Waals surface area contributed by atoms with Gasteiger partial charge in [0, 0.05) is 31.1 Å². The van der Waals surface area contributed by atoms with E-state index in [1.165, 1.54) is 0 Å². The molecule has 6 rings (SSSR count). The summed E-state index contributed by atoms with van der Waals surface area (Å²) >= 11 is 0. The predicted octanol–water partition coefficient (Wildman–Crippen LogP) is 1.85. The lowest BCUT2D eigenvalue weighted by molar-refractivity contribution is -0.330. The van der Waals surface area contributed by atoms with Crippen molar-refractivity contribution < 1.29 is 58.8 Å². The topological polar surface area (TPSA) is 188 Å². The van der Waals surface area contributed by atoms with Gasteiger partial charge in [-0.25, -0.2) is 9.59 Å². The molecule has 4 fully saturated rings. The number of carbonyl (C=O) groups is 2. The molecule has 1 spiro atoms. The molecule has 5 aliphatic rings. The van der Waals surface area contributed by atoms with E-state index >= 15 is 0 Å². The largest absolute Gasteiger partial charge is 0.462 e. The standard InChI is InChI=1S/C38H51NO12/c1-6-47-34(46)29(21-7-10-23(11-8-21)39(4)5)24-17-22(33(45)49-24)9-12-27-36(2)15-14-28(37(3,19-41)26(36)13-16-38(27)20-48-38)51-35-32(44)31(43)30(42)25(18-40)50-35/h7-12,17,25-28,30-32,35,40-44H,6,13-16,18-20H2,1-5H3/b12-9+,29-24-/t25?,26?,27?,28-,30?,31?,32?,35?,36+,37+,38?/m1/s1. The van der Waals surface area contributed by atoms with Crippen LogP contribution in [0, 0.1) is 22.7 Å². The average Bonchev–Trinajstić information content (AvgIpc) is 3.78. The summed E-state index contributed by atoms with van der Waals surface area (Å²) in [4.78, 5) is 28.3. The Bertz CT molecular complexity index is 1560. The Balaban J connectivity index is 1.28. The molecule has 0 amide bonds. The van der Waals surface area contributed by atoms with Crippen LogP contribution in [0.5, 0.6) is 0 Å². The van der Waals surface area contributed by atoms with E-state index in [0.29, 0.717) is 25.0 Å². The first kappa shape index (κ1) is 37.6. The molecule has 0 bridgehead atoms. The monoisotopic (exact) mass is 713 g/mol. The van der Waals surface area contributed by atoms with Gasteiger partial charge in [0.25, 0.3) is 0 Å². The van der Waals surface area contributed by atoms with Crippen LogP contribution in [0.1, 0.15) is 52.0 Å². The quantitative estimate of drug-likeness (QED) is 0.102. The van der Waals surface area contributed by atoms with E-state index in [1.54, 1.807) is 31.2 Å². The zero-order valence-corrected chi connectivity index (χ0v) is 29.9.